The van der Waals surface area contributed by atoms with Gasteiger partial charge in [0, 0.05) is 54.9 Å². The fourth-order valence-electron chi connectivity index (χ4n) is 15.5. The number of aryl methyl sites for hydroxylation is 3. The molecule has 11 nitrogen and oxygen atoms in total. The highest BCUT2D eigenvalue weighted by Crippen LogP contribution is 2.51. The average Bonchev–Trinajstić information content (AvgIpc) is 1.55. The van der Waals surface area contributed by atoms with Crippen LogP contribution in [0.25, 0.3) is 122 Å². The number of anilines is 2. The predicted molar refractivity (Wildman–Crippen MR) is 391 cm³/mol. The summed E-state index contributed by atoms with van der Waals surface area (Å²) in [6.45, 7) is 5.81. The largest absolute Gasteiger partial charge is 0.308 e. The monoisotopic (exact) mass is 1270 g/mol. The Labute approximate surface area is 569 Å². The molecule has 0 saturated heterocycles. The maximum atomic E-state index is 16.3. The van der Waals surface area contributed by atoms with Gasteiger partial charge in [0.15, 0.2) is 0 Å². The van der Waals surface area contributed by atoms with Crippen LogP contribution in [0.1, 0.15) is 74.8 Å². The third-order valence-corrected chi connectivity index (χ3v) is 19.6. The standard InChI is InChI=1S/C88H53N7O4/c1-51-43-52(2)82(53(3)44-51)95-86(97)72-46-60(47-77(81(72)88(95)99)92-73-36-17-16-31-68(73)78-65(32-19-37-75(78)92)61-28-13-10-25-57(61)48-89)64-40-41-67(63-30-15-12-27-59(63)50-91)84-79(64)69-34-18-33-66(62-29-14-11-26-58(62)49-90)83(69)93(84)76-38-20-35-70-80(76)87(98)94(85(70)96)74-42-39-56(54-21-6-4-7-22-54)45-71(74)55-23-8-5-9-24-55/h4-47H,1-3H3. The Morgan fingerprint density at radius 1 is 0.293 bits per heavy atom. The van der Waals surface area contributed by atoms with Gasteiger partial charge in [-0.3, -0.25) is 19.2 Å². The SMILES string of the molecule is Cc1cc(C)c(N2C(=O)c3cc(-c4ccc(-c5ccccc5C#N)c5c4c4cccc(-c6ccccc6C#N)c4n5-c4cccc5c4C(=O)N(c4ccc(-c6ccccc6)cc4-c4ccccc4)C5=O)cc(-n4c5ccccc5c5c(-c6ccccc6C#N)cccc54)c3C2=O)c(C)c1. The van der Waals surface area contributed by atoms with E-state index in [-0.39, 0.29) is 22.3 Å². The van der Waals surface area contributed by atoms with E-state index in [9.17, 15) is 15.8 Å². The Bertz CT molecular complexity index is 6210. The summed E-state index contributed by atoms with van der Waals surface area (Å²) >= 11 is 0. The molecule has 0 bridgehead atoms. The summed E-state index contributed by atoms with van der Waals surface area (Å²) in [4.78, 5) is 66.5. The van der Waals surface area contributed by atoms with E-state index in [2.05, 4.69) is 22.8 Å². The Morgan fingerprint density at radius 2 is 0.788 bits per heavy atom. The third-order valence-electron chi connectivity index (χ3n) is 19.6. The molecule has 464 valence electrons. The molecule has 4 heterocycles. The normalized spacial score (nSPS) is 12.6. The topological polar surface area (TPSA) is 156 Å². The van der Waals surface area contributed by atoms with Gasteiger partial charge in [0.05, 0.1) is 102 Å². The van der Waals surface area contributed by atoms with Gasteiger partial charge in [0.25, 0.3) is 23.6 Å². The Kier molecular flexibility index (Phi) is 13.7. The van der Waals surface area contributed by atoms with Gasteiger partial charge < -0.3 is 9.13 Å². The lowest BCUT2D eigenvalue weighted by atomic mass is 9.90. The molecule has 0 spiro atoms. The Hall–Kier alpha value is -13.8. The van der Waals surface area contributed by atoms with E-state index in [0.717, 1.165) is 66.3 Å². The summed E-state index contributed by atoms with van der Waals surface area (Å²) in [5.74, 6) is -2.09. The molecule has 0 N–H and O–H groups in total. The molecule has 4 amide bonds. The lowest BCUT2D eigenvalue weighted by Gasteiger charge is -2.20. The molecule has 0 radical (unpaired) electrons. The maximum Gasteiger partial charge on any atom is 0.268 e. The highest BCUT2D eigenvalue weighted by molar-refractivity contribution is 6.38. The molecule has 2 aromatic heterocycles. The lowest BCUT2D eigenvalue weighted by molar-refractivity contribution is 0.0910. The molecule has 2 aliphatic rings. The second-order valence-corrected chi connectivity index (χ2v) is 25.2. The van der Waals surface area contributed by atoms with Crippen molar-refractivity contribution < 1.29 is 19.2 Å². The molecule has 17 rings (SSSR count). The zero-order valence-corrected chi connectivity index (χ0v) is 53.7. The molecule has 13 aromatic carbocycles. The van der Waals surface area contributed by atoms with E-state index < -0.39 is 23.6 Å². The first-order valence-corrected chi connectivity index (χ1v) is 32.5. The molecule has 2 aliphatic heterocycles. The van der Waals surface area contributed by atoms with Crippen molar-refractivity contribution in [1.82, 2.24) is 9.13 Å². The maximum absolute atomic E-state index is 16.3. The number of imide groups is 2. The number of nitriles is 3. The van der Waals surface area contributed by atoms with Crippen LogP contribution in [-0.2, 0) is 0 Å². The molecule has 0 saturated carbocycles. The van der Waals surface area contributed by atoms with E-state index in [1.54, 1.807) is 30.3 Å². The lowest BCUT2D eigenvalue weighted by Crippen LogP contribution is -2.31. The summed E-state index contributed by atoms with van der Waals surface area (Å²) in [5, 5.41) is 35.6. The number of hydrogen-bond donors (Lipinski definition) is 0. The van der Waals surface area contributed by atoms with Gasteiger partial charge in [0.2, 0.25) is 0 Å². The molecular weight excluding hydrogens is 1220 g/mol. The number of carbonyl (C=O) groups is 4. The number of rotatable bonds is 10. The van der Waals surface area contributed by atoms with E-state index in [0.29, 0.717) is 100 Å². The van der Waals surface area contributed by atoms with Gasteiger partial charge >= 0.3 is 0 Å². The van der Waals surface area contributed by atoms with Gasteiger partial charge in [-0.2, -0.15) is 15.8 Å². The summed E-state index contributed by atoms with van der Waals surface area (Å²) in [7, 11) is 0. The number of nitrogens with zero attached hydrogens (tertiary/aromatic N) is 7. The Balaban J connectivity index is 0.992. The molecule has 15 aromatic rings. The first kappa shape index (κ1) is 59.0. The quantitative estimate of drug-likeness (QED) is 0.123. The minimum absolute atomic E-state index is 0.134. The van der Waals surface area contributed by atoms with Crippen LogP contribution in [-0.4, -0.2) is 32.8 Å². The zero-order valence-electron chi connectivity index (χ0n) is 53.7. The van der Waals surface area contributed by atoms with Crippen LogP contribution in [0.3, 0.4) is 0 Å². The van der Waals surface area contributed by atoms with Crippen LogP contribution < -0.4 is 9.80 Å². The molecule has 0 atom stereocenters. The zero-order chi connectivity index (χ0) is 67.5. The summed E-state index contributed by atoms with van der Waals surface area (Å²) in [5.41, 5.74) is 17.2. The van der Waals surface area contributed by atoms with Gasteiger partial charge in [-0.1, -0.05) is 206 Å². The van der Waals surface area contributed by atoms with E-state index in [4.69, 9.17) is 0 Å². The van der Waals surface area contributed by atoms with Crippen LogP contribution in [0.5, 0.6) is 0 Å². The molecule has 11 heteroatoms. The van der Waals surface area contributed by atoms with Crippen molar-refractivity contribution in [1.29, 1.82) is 15.8 Å². The van der Waals surface area contributed by atoms with Crippen LogP contribution in [0, 0.1) is 54.8 Å². The number of hydrogen-bond acceptors (Lipinski definition) is 7. The third kappa shape index (κ3) is 8.95. The van der Waals surface area contributed by atoms with Crippen molar-refractivity contribution in [3.63, 3.8) is 0 Å². The fraction of sp³-hybridized carbons (Fsp3) is 0.0341. The minimum Gasteiger partial charge on any atom is -0.308 e. The molecular formula is C88H53N7O4. The summed E-state index contributed by atoms with van der Waals surface area (Å²) < 4.78 is 4.08. The number of benzene rings is 13. The highest BCUT2D eigenvalue weighted by atomic mass is 16.2. The van der Waals surface area contributed by atoms with Crippen molar-refractivity contribution >= 4 is 78.6 Å². The summed E-state index contributed by atoms with van der Waals surface area (Å²) in [6, 6.07) is 91.7. The second-order valence-electron chi connectivity index (χ2n) is 25.2. The molecule has 99 heavy (non-hydrogen) atoms. The second kappa shape index (κ2) is 23.0. The van der Waals surface area contributed by atoms with Crippen molar-refractivity contribution in [2.75, 3.05) is 9.80 Å². The van der Waals surface area contributed by atoms with E-state index in [1.807, 2.05) is 262 Å². The first-order chi connectivity index (χ1) is 48.5. The molecule has 0 fully saturated rings. The van der Waals surface area contributed by atoms with Gasteiger partial charge in [-0.05, 0) is 132 Å². The Morgan fingerprint density at radius 3 is 1.46 bits per heavy atom. The van der Waals surface area contributed by atoms with Gasteiger partial charge in [-0.15, -0.1) is 0 Å². The van der Waals surface area contributed by atoms with Crippen LogP contribution in [0.4, 0.5) is 11.4 Å². The number of fused-ring (bicyclic) bond motifs is 8. The van der Waals surface area contributed by atoms with Crippen molar-refractivity contribution in [3.05, 3.63) is 323 Å². The molecule has 0 aliphatic carbocycles. The van der Waals surface area contributed by atoms with Crippen LogP contribution in [0.2, 0.25) is 0 Å². The predicted octanol–water partition coefficient (Wildman–Crippen LogP) is 20.0. The van der Waals surface area contributed by atoms with Crippen molar-refractivity contribution in [2.45, 2.75) is 20.8 Å². The first-order valence-electron chi connectivity index (χ1n) is 32.5. The van der Waals surface area contributed by atoms with Gasteiger partial charge in [-0.25, -0.2) is 9.80 Å². The fourth-order valence-corrected chi connectivity index (χ4v) is 15.5. The minimum atomic E-state index is -0.559. The number of amides is 4. The average molecular weight is 1270 g/mol. The number of aromatic nitrogens is 2. The molecule has 0 unspecified atom stereocenters. The van der Waals surface area contributed by atoms with Gasteiger partial charge in [0.1, 0.15) is 0 Å². The van der Waals surface area contributed by atoms with E-state index >= 15 is 19.2 Å². The number of para-hydroxylation sites is 2. The van der Waals surface area contributed by atoms with Crippen LogP contribution >= 0.6 is 0 Å². The van der Waals surface area contributed by atoms with Crippen LogP contribution in [0.15, 0.2) is 267 Å². The summed E-state index contributed by atoms with van der Waals surface area (Å²) in [6.07, 6.45) is 0. The smallest absolute Gasteiger partial charge is 0.268 e. The van der Waals surface area contributed by atoms with E-state index in [1.165, 1.54) is 9.80 Å². The highest BCUT2D eigenvalue weighted by Gasteiger charge is 2.44. The van der Waals surface area contributed by atoms with Crippen molar-refractivity contribution in [2.24, 2.45) is 0 Å². The number of carbonyl (C=O) groups excluding carboxylic acids is 4. The van der Waals surface area contributed by atoms with Crippen molar-refractivity contribution in [3.8, 4) is 96.3 Å².